The number of rotatable bonds is 5. The molecule has 0 aliphatic heterocycles. The van der Waals surface area contributed by atoms with E-state index < -0.39 is 11.8 Å². The summed E-state index contributed by atoms with van der Waals surface area (Å²) < 4.78 is 21.8. The first kappa shape index (κ1) is 22.9. The van der Waals surface area contributed by atoms with Crippen LogP contribution in [0.4, 0.5) is 20.7 Å². The highest BCUT2D eigenvalue weighted by molar-refractivity contribution is 5.99. The number of nitrogens with zero attached hydrogens (tertiary/aromatic N) is 4. The van der Waals surface area contributed by atoms with E-state index in [1.807, 2.05) is 39.8 Å². The molecule has 0 saturated carbocycles. The number of hydrogen-bond acceptors (Lipinski definition) is 5. The van der Waals surface area contributed by atoms with E-state index in [1.165, 1.54) is 12.1 Å². The van der Waals surface area contributed by atoms with E-state index in [4.69, 9.17) is 4.74 Å². The Labute approximate surface area is 196 Å². The lowest BCUT2D eigenvalue weighted by atomic mass is 9.92. The van der Waals surface area contributed by atoms with Crippen molar-refractivity contribution in [3.63, 3.8) is 0 Å². The Hall–Kier alpha value is -4.27. The van der Waals surface area contributed by atoms with Crippen LogP contribution in [0.3, 0.4) is 0 Å². The zero-order valence-electron chi connectivity index (χ0n) is 19.3. The quantitative estimate of drug-likeness (QED) is 0.390. The van der Waals surface area contributed by atoms with E-state index in [9.17, 15) is 9.18 Å². The summed E-state index contributed by atoms with van der Waals surface area (Å²) in [5.74, 6) is 0.634. The van der Waals surface area contributed by atoms with Gasteiger partial charge in [-0.25, -0.2) is 13.9 Å². The maximum absolute atomic E-state index is 14.6. The predicted molar refractivity (Wildman–Crippen MR) is 128 cm³/mol. The summed E-state index contributed by atoms with van der Waals surface area (Å²) in [7, 11) is 0. The second-order valence-corrected chi connectivity index (χ2v) is 8.74. The first-order valence-electron chi connectivity index (χ1n) is 10.7. The zero-order chi connectivity index (χ0) is 24.3. The lowest BCUT2D eigenvalue weighted by Crippen LogP contribution is -2.22. The van der Waals surface area contributed by atoms with Crippen molar-refractivity contribution in [2.75, 3.05) is 10.6 Å². The molecular formula is C25H25FN6O2. The van der Waals surface area contributed by atoms with Gasteiger partial charge in [0.05, 0.1) is 23.3 Å². The van der Waals surface area contributed by atoms with Crippen LogP contribution in [0.1, 0.15) is 32.2 Å². The Bertz CT molecular complexity index is 1300. The van der Waals surface area contributed by atoms with Crippen molar-refractivity contribution >= 4 is 17.5 Å². The summed E-state index contributed by atoms with van der Waals surface area (Å²) in [6.45, 7) is 7.98. The molecule has 4 aromatic rings. The predicted octanol–water partition coefficient (Wildman–Crippen LogP) is 5.84. The molecule has 0 spiro atoms. The third-order valence-corrected chi connectivity index (χ3v) is 4.93. The minimum atomic E-state index is -0.631. The van der Waals surface area contributed by atoms with Gasteiger partial charge in [0.15, 0.2) is 0 Å². The molecule has 174 valence electrons. The molecule has 2 amide bonds. The van der Waals surface area contributed by atoms with Crippen molar-refractivity contribution in [3.8, 4) is 17.2 Å². The Morgan fingerprint density at radius 1 is 1.00 bits per heavy atom. The fourth-order valence-corrected chi connectivity index (χ4v) is 3.09. The molecular weight excluding hydrogens is 435 g/mol. The maximum atomic E-state index is 14.6. The number of pyridine rings is 2. The smallest absolute Gasteiger partial charge is 0.324 e. The van der Waals surface area contributed by atoms with E-state index in [1.54, 1.807) is 47.5 Å². The number of halogens is 1. The van der Waals surface area contributed by atoms with Crippen LogP contribution in [0.2, 0.25) is 0 Å². The molecule has 0 atom stereocenters. The summed E-state index contributed by atoms with van der Waals surface area (Å²) in [5.41, 5.74) is 2.12. The highest BCUT2D eigenvalue weighted by Crippen LogP contribution is 2.28. The number of hydrogen-bond donors (Lipinski definition) is 2. The third kappa shape index (κ3) is 5.37. The average molecular weight is 461 g/mol. The Kier molecular flexibility index (Phi) is 6.27. The van der Waals surface area contributed by atoms with Crippen LogP contribution >= 0.6 is 0 Å². The van der Waals surface area contributed by atoms with Crippen LogP contribution < -0.4 is 15.4 Å². The van der Waals surface area contributed by atoms with Crippen LogP contribution in [0.15, 0.2) is 67.1 Å². The molecule has 34 heavy (non-hydrogen) atoms. The van der Waals surface area contributed by atoms with Gasteiger partial charge in [0, 0.05) is 35.6 Å². The second kappa shape index (κ2) is 9.30. The van der Waals surface area contributed by atoms with E-state index in [0.29, 0.717) is 23.0 Å². The van der Waals surface area contributed by atoms with Crippen LogP contribution in [-0.2, 0) is 5.41 Å². The molecule has 0 radical (unpaired) electrons. The summed E-state index contributed by atoms with van der Waals surface area (Å²) in [6, 6.07) is 12.5. The number of amides is 2. The van der Waals surface area contributed by atoms with Crippen molar-refractivity contribution in [2.45, 2.75) is 33.1 Å². The third-order valence-electron chi connectivity index (χ3n) is 4.93. The number of carbonyl (C=O) groups excluding carboxylic acids is 1. The number of nitrogens with one attached hydrogen (secondary N) is 2. The summed E-state index contributed by atoms with van der Waals surface area (Å²) in [5, 5.41) is 9.95. The van der Waals surface area contributed by atoms with Gasteiger partial charge in [0.2, 0.25) is 0 Å². The molecule has 0 aliphatic rings. The van der Waals surface area contributed by atoms with Gasteiger partial charge in [-0.2, -0.15) is 5.10 Å². The number of aromatic nitrogens is 4. The highest BCUT2D eigenvalue weighted by Gasteiger charge is 2.22. The van der Waals surface area contributed by atoms with Crippen molar-refractivity contribution < 1.29 is 13.9 Å². The van der Waals surface area contributed by atoms with Gasteiger partial charge in [-0.05, 0) is 43.3 Å². The van der Waals surface area contributed by atoms with Crippen LogP contribution in [0, 0.1) is 12.7 Å². The van der Waals surface area contributed by atoms with Crippen molar-refractivity contribution in [1.82, 2.24) is 19.7 Å². The van der Waals surface area contributed by atoms with Crippen molar-refractivity contribution in [2.24, 2.45) is 0 Å². The molecule has 9 heteroatoms. The molecule has 0 saturated heterocycles. The molecule has 1 aromatic carbocycles. The van der Waals surface area contributed by atoms with E-state index in [2.05, 4.69) is 25.7 Å². The highest BCUT2D eigenvalue weighted by atomic mass is 19.1. The zero-order valence-corrected chi connectivity index (χ0v) is 19.3. The van der Waals surface area contributed by atoms with E-state index in [-0.39, 0.29) is 11.1 Å². The fraction of sp³-hybridized carbons (Fsp3) is 0.200. The van der Waals surface area contributed by atoms with Gasteiger partial charge in [0.25, 0.3) is 0 Å². The average Bonchev–Trinajstić information content (AvgIpc) is 3.21. The molecule has 0 unspecified atom stereocenters. The van der Waals surface area contributed by atoms with Crippen molar-refractivity contribution in [1.29, 1.82) is 0 Å². The lowest BCUT2D eigenvalue weighted by Gasteiger charge is -2.14. The summed E-state index contributed by atoms with van der Waals surface area (Å²) in [6.07, 6.45) is 4.84. The monoisotopic (exact) mass is 460 g/mol. The Morgan fingerprint density at radius 3 is 2.41 bits per heavy atom. The van der Waals surface area contributed by atoms with Gasteiger partial charge in [-0.3, -0.25) is 15.3 Å². The molecule has 0 fully saturated rings. The number of benzene rings is 1. The van der Waals surface area contributed by atoms with Gasteiger partial charge in [0.1, 0.15) is 23.1 Å². The standard InChI is InChI=1S/C25H25FN6O2/c1-16-5-6-17(15-28-16)32-23(14-22(31-32)25(2,3)4)30-24(33)29-21-8-7-19(13-20(21)26)34-18-9-11-27-12-10-18/h5-15H,1-4H3,(H2,29,30,33). The normalized spacial score (nSPS) is 11.2. The van der Waals surface area contributed by atoms with E-state index >= 15 is 0 Å². The first-order valence-corrected chi connectivity index (χ1v) is 10.7. The van der Waals surface area contributed by atoms with Gasteiger partial charge in [-0.1, -0.05) is 20.8 Å². The van der Waals surface area contributed by atoms with Crippen molar-refractivity contribution in [3.05, 3.63) is 84.3 Å². The molecule has 3 heterocycles. The molecule has 3 aromatic heterocycles. The SMILES string of the molecule is Cc1ccc(-n2nc(C(C)(C)C)cc2NC(=O)Nc2ccc(Oc3ccncc3)cc2F)cn1. The molecule has 2 N–H and O–H groups in total. The fourth-order valence-electron chi connectivity index (χ4n) is 3.09. The lowest BCUT2D eigenvalue weighted by molar-refractivity contribution is 0.262. The maximum Gasteiger partial charge on any atom is 0.324 e. The van der Waals surface area contributed by atoms with Crippen LogP contribution in [0.25, 0.3) is 5.69 Å². The van der Waals surface area contributed by atoms with Gasteiger partial charge in [-0.15, -0.1) is 0 Å². The van der Waals surface area contributed by atoms with Gasteiger partial charge < -0.3 is 10.1 Å². The number of ether oxygens (including phenoxy) is 1. The minimum absolute atomic E-state index is 0.0127. The van der Waals surface area contributed by atoms with Crippen LogP contribution in [0.5, 0.6) is 11.5 Å². The summed E-state index contributed by atoms with van der Waals surface area (Å²) >= 11 is 0. The largest absolute Gasteiger partial charge is 0.457 e. The first-order chi connectivity index (χ1) is 16.2. The van der Waals surface area contributed by atoms with Crippen LogP contribution in [-0.4, -0.2) is 25.8 Å². The topological polar surface area (TPSA) is 94.0 Å². The van der Waals surface area contributed by atoms with E-state index in [0.717, 1.165) is 11.4 Å². The minimum Gasteiger partial charge on any atom is -0.457 e. The molecule has 0 aliphatic carbocycles. The Morgan fingerprint density at radius 2 is 1.76 bits per heavy atom. The molecule has 8 nitrogen and oxygen atoms in total. The molecule has 4 rings (SSSR count). The summed E-state index contributed by atoms with van der Waals surface area (Å²) in [4.78, 5) is 20.9. The molecule has 0 bridgehead atoms. The number of carbonyl (C=O) groups is 1. The van der Waals surface area contributed by atoms with Gasteiger partial charge >= 0.3 is 6.03 Å². The Balaban J connectivity index is 1.52. The number of anilines is 2. The number of urea groups is 1. The second-order valence-electron chi connectivity index (χ2n) is 8.74. The number of aryl methyl sites for hydroxylation is 1.